The zero-order chi connectivity index (χ0) is 13.7. The van der Waals surface area contributed by atoms with Gasteiger partial charge in [0.2, 0.25) is 0 Å². The number of ether oxygens (including phenoxy) is 1. The van der Waals surface area contributed by atoms with E-state index in [0.717, 1.165) is 16.8 Å². The Morgan fingerprint density at radius 3 is 2.74 bits per heavy atom. The summed E-state index contributed by atoms with van der Waals surface area (Å²) in [5.74, 6) is 1.32. The molecule has 0 aliphatic heterocycles. The minimum Gasteiger partial charge on any atom is -0.492 e. The lowest BCUT2D eigenvalue weighted by atomic mass is 9.87. The lowest BCUT2D eigenvalue weighted by molar-refractivity contribution is -0.385. The van der Waals surface area contributed by atoms with Crippen molar-refractivity contribution in [3.05, 3.63) is 32.8 Å². The van der Waals surface area contributed by atoms with Crippen molar-refractivity contribution >= 4 is 21.6 Å². The van der Waals surface area contributed by atoms with Gasteiger partial charge in [-0.2, -0.15) is 0 Å². The van der Waals surface area contributed by atoms with E-state index >= 15 is 0 Å². The van der Waals surface area contributed by atoms with Gasteiger partial charge in [-0.1, -0.05) is 32.1 Å². The Hall–Kier alpha value is -1.10. The van der Waals surface area contributed by atoms with Crippen molar-refractivity contribution in [3.63, 3.8) is 0 Å². The maximum absolute atomic E-state index is 10.7. The first kappa shape index (κ1) is 14.3. The number of hydrogen-bond acceptors (Lipinski definition) is 3. The molecule has 1 aromatic rings. The van der Waals surface area contributed by atoms with Crippen molar-refractivity contribution in [2.45, 2.75) is 38.5 Å². The summed E-state index contributed by atoms with van der Waals surface area (Å²) in [6.45, 7) is 0.629. The Labute approximate surface area is 121 Å². The van der Waals surface area contributed by atoms with Gasteiger partial charge < -0.3 is 4.74 Å². The maximum Gasteiger partial charge on any atom is 0.273 e. The summed E-state index contributed by atoms with van der Waals surface area (Å²) in [5.41, 5.74) is 0.0656. The Morgan fingerprint density at radius 2 is 2.05 bits per heavy atom. The molecule has 1 aromatic carbocycles. The van der Waals surface area contributed by atoms with E-state index in [1.807, 2.05) is 0 Å². The highest BCUT2D eigenvalue weighted by atomic mass is 79.9. The first-order valence-corrected chi connectivity index (χ1v) is 7.53. The number of nitrogens with zero attached hydrogens (tertiary/aromatic N) is 1. The molecule has 1 fully saturated rings. The van der Waals surface area contributed by atoms with E-state index in [-0.39, 0.29) is 5.69 Å². The predicted octanol–water partition coefficient (Wildman–Crippen LogP) is 4.71. The van der Waals surface area contributed by atoms with Crippen LogP contribution in [0.3, 0.4) is 0 Å². The normalized spacial score (nSPS) is 16.3. The third-order valence-corrected chi connectivity index (χ3v) is 4.29. The molecule has 0 saturated heterocycles. The van der Waals surface area contributed by atoms with Crippen LogP contribution in [0.4, 0.5) is 5.69 Å². The van der Waals surface area contributed by atoms with Crippen LogP contribution in [0.25, 0.3) is 0 Å². The molecule has 0 bridgehead atoms. The fourth-order valence-electron chi connectivity index (χ4n) is 2.53. The lowest BCUT2D eigenvalue weighted by Crippen LogP contribution is -2.10. The monoisotopic (exact) mass is 327 g/mol. The molecule has 1 aliphatic rings. The second-order valence-corrected chi connectivity index (χ2v) is 5.87. The van der Waals surface area contributed by atoms with Crippen LogP contribution in [0.2, 0.25) is 0 Å². The third kappa shape index (κ3) is 4.20. The number of nitro benzene ring substituents is 1. The Bertz CT molecular complexity index is 444. The molecule has 4 nitrogen and oxygen atoms in total. The molecule has 0 N–H and O–H groups in total. The van der Waals surface area contributed by atoms with Crippen LogP contribution in [0.5, 0.6) is 5.75 Å². The van der Waals surface area contributed by atoms with Gasteiger partial charge in [0.15, 0.2) is 0 Å². The van der Waals surface area contributed by atoms with Gasteiger partial charge in [-0.15, -0.1) is 0 Å². The van der Waals surface area contributed by atoms with Crippen LogP contribution in [0, 0.1) is 16.0 Å². The van der Waals surface area contributed by atoms with Crippen LogP contribution in [0.15, 0.2) is 22.7 Å². The summed E-state index contributed by atoms with van der Waals surface area (Å²) in [7, 11) is 0. The molecular weight excluding hydrogens is 310 g/mol. The highest BCUT2D eigenvalue weighted by molar-refractivity contribution is 9.10. The zero-order valence-corrected chi connectivity index (χ0v) is 12.4. The predicted molar refractivity (Wildman–Crippen MR) is 77.5 cm³/mol. The molecule has 0 amide bonds. The largest absolute Gasteiger partial charge is 0.492 e. The van der Waals surface area contributed by atoms with Crippen LogP contribution in [-0.2, 0) is 0 Å². The number of rotatable bonds is 5. The minimum atomic E-state index is -0.402. The van der Waals surface area contributed by atoms with Gasteiger partial charge in [-0.3, -0.25) is 10.1 Å². The van der Waals surface area contributed by atoms with Crippen molar-refractivity contribution in [3.8, 4) is 5.75 Å². The van der Waals surface area contributed by atoms with Gasteiger partial charge in [0.1, 0.15) is 5.75 Å². The van der Waals surface area contributed by atoms with Crippen LogP contribution in [-0.4, -0.2) is 11.5 Å². The van der Waals surface area contributed by atoms with Crippen LogP contribution in [0.1, 0.15) is 38.5 Å². The fraction of sp³-hybridized carbons (Fsp3) is 0.571. The molecule has 0 heterocycles. The van der Waals surface area contributed by atoms with Gasteiger partial charge in [0.25, 0.3) is 5.69 Å². The Morgan fingerprint density at radius 1 is 1.32 bits per heavy atom. The highest BCUT2D eigenvalue weighted by Gasteiger charge is 2.14. The average molecular weight is 328 g/mol. The van der Waals surface area contributed by atoms with Crippen molar-refractivity contribution < 1.29 is 9.66 Å². The van der Waals surface area contributed by atoms with E-state index in [1.165, 1.54) is 44.2 Å². The van der Waals surface area contributed by atoms with E-state index in [4.69, 9.17) is 4.74 Å². The number of nitro groups is 1. The quantitative estimate of drug-likeness (QED) is 0.581. The first-order chi connectivity index (χ1) is 9.16. The van der Waals surface area contributed by atoms with E-state index in [9.17, 15) is 10.1 Å². The van der Waals surface area contributed by atoms with E-state index in [0.29, 0.717) is 12.4 Å². The van der Waals surface area contributed by atoms with Crippen molar-refractivity contribution in [2.24, 2.45) is 5.92 Å². The maximum atomic E-state index is 10.7. The van der Waals surface area contributed by atoms with Gasteiger partial charge in [-0.25, -0.2) is 0 Å². The molecule has 1 aliphatic carbocycles. The van der Waals surface area contributed by atoms with Crippen molar-refractivity contribution in [2.75, 3.05) is 6.61 Å². The number of hydrogen-bond donors (Lipinski definition) is 0. The molecule has 19 heavy (non-hydrogen) atoms. The Kier molecular flexibility index (Phi) is 5.19. The summed E-state index contributed by atoms with van der Waals surface area (Å²) < 4.78 is 6.44. The average Bonchev–Trinajstić information content (AvgIpc) is 2.42. The molecule has 0 radical (unpaired) electrons. The molecule has 0 aromatic heterocycles. The lowest BCUT2D eigenvalue weighted by Gasteiger charge is -2.21. The molecule has 2 rings (SSSR count). The Balaban J connectivity index is 1.87. The van der Waals surface area contributed by atoms with E-state index < -0.39 is 4.92 Å². The van der Waals surface area contributed by atoms with Crippen LogP contribution < -0.4 is 4.74 Å². The molecule has 0 unspecified atom stereocenters. The molecule has 5 heteroatoms. The topological polar surface area (TPSA) is 52.4 Å². The van der Waals surface area contributed by atoms with E-state index in [1.54, 1.807) is 6.07 Å². The third-order valence-electron chi connectivity index (χ3n) is 3.63. The summed E-state index contributed by atoms with van der Waals surface area (Å²) in [6, 6.07) is 4.61. The summed E-state index contributed by atoms with van der Waals surface area (Å²) in [6.07, 6.45) is 7.62. The SMILES string of the molecule is O=[N+]([O-])c1ccc(Br)c(OCCC2CCCCC2)c1. The summed E-state index contributed by atoms with van der Waals surface area (Å²) >= 11 is 3.36. The molecule has 0 spiro atoms. The number of benzene rings is 1. The van der Waals surface area contributed by atoms with E-state index in [2.05, 4.69) is 15.9 Å². The number of halogens is 1. The second-order valence-electron chi connectivity index (χ2n) is 5.01. The smallest absolute Gasteiger partial charge is 0.273 e. The summed E-state index contributed by atoms with van der Waals surface area (Å²) in [5, 5.41) is 10.7. The van der Waals surface area contributed by atoms with Crippen molar-refractivity contribution in [1.29, 1.82) is 0 Å². The summed E-state index contributed by atoms with van der Waals surface area (Å²) in [4.78, 5) is 10.3. The molecule has 1 saturated carbocycles. The van der Waals surface area contributed by atoms with Crippen LogP contribution >= 0.6 is 15.9 Å². The second kappa shape index (κ2) is 6.89. The number of non-ortho nitro benzene ring substituents is 1. The van der Waals surface area contributed by atoms with Gasteiger partial charge in [0, 0.05) is 6.07 Å². The molecular formula is C14H18BrNO3. The van der Waals surface area contributed by atoms with Gasteiger partial charge in [-0.05, 0) is 34.3 Å². The zero-order valence-electron chi connectivity index (χ0n) is 10.8. The van der Waals surface area contributed by atoms with Crippen molar-refractivity contribution in [1.82, 2.24) is 0 Å². The molecule has 0 atom stereocenters. The van der Waals surface area contributed by atoms with Gasteiger partial charge >= 0.3 is 0 Å². The van der Waals surface area contributed by atoms with Gasteiger partial charge in [0.05, 0.1) is 22.1 Å². The minimum absolute atomic E-state index is 0.0656. The highest BCUT2D eigenvalue weighted by Crippen LogP contribution is 2.30. The standard InChI is InChI=1S/C14H18BrNO3/c15-13-7-6-12(16(17)18)10-14(13)19-9-8-11-4-2-1-3-5-11/h6-7,10-11H,1-5,8-9H2. The molecule has 104 valence electrons. The fourth-order valence-corrected chi connectivity index (χ4v) is 2.89. The first-order valence-electron chi connectivity index (χ1n) is 6.73.